The molecule has 0 spiro atoms. The molecule has 0 heterocycles. The van der Waals surface area contributed by atoms with E-state index in [1.54, 1.807) is 0 Å². The minimum absolute atomic E-state index is 0. The summed E-state index contributed by atoms with van der Waals surface area (Å²) in [5.41, 5.74) is 0. The molecule has 0 aromatic heterocycles. The van der Waals surface area contributed by atoms with E-state index in [-0.39, 0.29) is 19.5 Å². The van der Waals surface area contributed by atoms with Gasteiger partial charge >= 0.3 is 0 Å². The van der Waals surface area contributed by atoms with E-state index >= 15 is 0 Å². The number of rotatable bonds is 8. The predicted molar refractivity (Wildman–Crippen MR) is 77.7 cm³/mol. The molecule has 0 nitrogen and oxygen atoms in total. The van der Waals surface area contributed by atoms with Crippen molar-refractivity contribution in [3.63, 3.8) is 0 Å². The normalized spacial score (nSPS) is 9.53. The number of allylic oxidation sites excluding steroid dienone is 6. The van der Waals surface area contributed by atoms with Crippen LogP contribution in [-0.2, 0) is 19.5 Å². The van der Waals surface area contributed by atoms with Gasteiger partial charge in [-0.3, -0.25) is 0 Å². The van der Waals surface area contributed by atoms with Gasteiger partial charge in [-0.1, -0.05) is 89.1 Å². The average molecular weight is 321 g/mol. The molecule has 0 N–H and O–H groups in total. The molecule has 17 heavy (non-hydrogen) atoms. The molecule has 0 bridgehead atoms. The van der Waals surface area contributed by atoms with Gasteiger partial charge in [-0.05, 0) is 12.8 Å². The quantitative estimate of drug-likeness (QED) is 0.299. The standard InChI is InChI=1S/2C8H14.Ru/c2*1-3-5-7-8-6-4-2;/h2*3,5,7H,1,4,6,8H2,2H3;/b2*7-5+;. The van der Waals surface area contributed by atoms with Crippen molar-refractivity contribution >= 4 is 0 Å². The fourth-order valence-corrected chi connectivity index (χ4v) is 1.03. The Morgan fingerprint density at radius 2 is 1.12 bits per heavy atom. The van der Waals surface area contributed by atoms with Crippen molar-refractivity contribution in [1.29, 1.82) is 0 Å². The third kappa shape index (κ3) is 31.3. The Hall–Kier alpha value is -0.417. The topological polar surface area (TPSA) is 0 Å². The second-order valence-electron chi connectivity index (χ2n) is 3.61. The molecule has 0 aromatic rings. The largest absolute Gasteiger partial charge is 0.0991 e. The Bertz CT molecular complexity index is 168. The van der Waals surface area contributed by atoms with Crippen LogP contribution >= 0.6 is 0 Å². The molecule has 0 saturated heterocycles. The summed E-state index contributed by atoms with van der Waals surface area (Å²) in [6, 6.07) is 0. The van der Waals surface area contributed by atoms with E-state index in [9.17, 15) is 0 Å². The molecule has 0 amide bonds. The number of unbranched alkanes of at least 4 members (excludes halogenated alkanes) is 4. The fourth-order valence-electron chi connectivity index (χ4n) is 1.03. The zero-order valence-electron chi connectivity index (χ0n) is 11.5. The third-order valence-electron chi connectivity index (χ3n) is 1.99. The molecular formula is C16H28Ru. The Labute approximate surface area is 121 Å². The van der Waals surface area contributed by atoms with E-state index in [2.05, 4.69) is 39.2 Å². The minimum Gasteiger partial charge on any atom is -0.0991 e. The van der Waals surface area contributed by atoms with Crippen LogP contribution in [0, 0.1) is 0 Å². The summed E-state index contributed by atoms with van der Waals surface area (Å²) in [6.45, 7) is 11.5. The second kappa shape index (κ2) is 24.7. The molecule has 0 aliphatic rings. The first-order chi connectivity index (χ1) is 7.83. The summed E-state index contributed by atoms with van der Waals surface area (Å²) in [6.07, 6.45) is 19.5. The van der Waals surface area contributed by atoms with Crippen LogP contribution in [0.25, 0.3) is 0 Å². The van der Waals surface area contributed by atoms with E-state index in [0.29, 0.717) is 0 Å². The molecule has 0 unspecified atom stereocenters. The SMILES string of the molecule is C=C/C=C/CCCC.C=C/C=C/CCCC.[Ru]. The van der Waals surface area contributed by atoms with Gasteiger partial charge in [0.2, 0.25) is 0 Å². The van der Waals surface area contributed by atoms with Gasteiger partial charge in [0.1, 0.15) is 0 Å². The van der Waals surface area contributed by atoms with Crippen molar-refractivity contribution in [3.05, 3.63) is 49.6 Å². The molecule has 1 heteroatoms. The fraction of sp³-hybridized carbons (Fsp3) is 0.500. The van der Waals surface area contributed by atoms with Gasteiger partial charge in [0.05, 0.1) is 0 Å². The van der Waals surface area contributed by atoms with Crippen LogP contribution in [-0.4, -0.2) is 0 Å². The number of hydrogen-bond donors (Lipinski definition) is 0. The molecule has 0 aliphatic carbocycles. The second-order valence-corrected chi connectivity index (χ2v) is 3.61. The molecule has 0 saturated carbocycles. The predicted octanol–water partition coefficient (Wildman–Crippen LogP) is 5.84. The van der Waals surface area contributed by atoms with E-state index in [1.165, 1.54) is 38.5 Å². The summed E-state index contributed by atoms with van der Waals surface area (Å²) < 4.78 is 0. The average Bonchev–Trinajstić information content (AvgIpc) is 2.31. The first-order valence-corrected chi connectivity index (χ1v) is 6.38. The molecule has 0 aliphatic heterocycles. The Balaban J connectivity index is -0.000000218. The smallest absolute Gasteiger partial charge is 0 e. The summed E-state index contributed by atoms with van der Waals surface area (Å²) in [5.74, 6) is 0. The summed E-state index contributed by atoms with van der Waals surface area (Å²) in [4.78, 5) is 0. The summed E-state index contributed by atoms with van der Waals surface area (Å²) in [7, 11) is 0. The van der Waals surface area contributed by atoms with Crippen molar-refractivity contribution in [1.82, 2.24) is 0 Å². The summed E-state index contributed by atoms with van der Waals surface area (Å²) >= 11 is 0. The molecule has 100 valence electrons. The maximum Gasteiger partial charge on any atom is 0 e. The molecule has 0 aromatic carbocycles. The van der Waals surface area contributed by atoms with E-state index in [1.807, 2.05) is 24.3 Å². The molecule has 0 radical (unpaired) electrons. The van der Waals surface area contributed by atoms with E-state index < -0.39 is 0 Å². The van der Waals surface area contributed by atoms with Gasteiger partial charge < -0.3 is 0 Å². The van der Waals surface area contributed by atoms with E-state index in [0.717, 1.165) is 0 Å². The molecule has 0 fully saturated rings. The van der Waals surface area contributed by atoms with Gasteiger partial charge in [0.25, 0.3) is 0 Å². The van der Waals surface area contributed by atoms with Gasteiger partial charge in [0.15, 0.2) is 0 Å². The first-order valence-electron chi connectivity index (χ1n) is 6.38. The van der Waals surface area contributed by atoms with Crippen LogP contribution < -0.4 is 0 Å². The van der Waals surface area contributed by atoms with Crippen LogP contribution in [0.4, 0.5) is 0 Å². The Morgan fingerprint density at radius 1 is 0.765 bits per heavy atom. The van der Waals surface area contributed by atoms with Crippen molar-refractivity contribution in [2.45, 2.75) is 52.4 Å². The van der Waals surface area contributed by atoms with Crippen LogP contribution in [0.3, 0.4) is 0 Å². The van der Waals surface area contributed by atoms with Crippen molar-refractivity contribution < 1.29 is 19.5 Å². The van der Waals surface area contributed by atoms with Crippen LogP contribution in [0.15, 0.2) is 49.6 Å². The van der Waals surface area contributed by atoms with Gasteiger partial charge in [-0.2, -0.15) is 0 Å². The van der Waals surface area contributed by atoms with Crippen molar-refractivity contribution in [3.8, 4) is 0 Å². The zero-order chi connectivity index (χ0) is 12.5. The third-order valence-corrected chi connectivity index (χ3v) is 1.99. The molecular weight excluding hydrogens is 293 g/mol. The van der Waals surface area contributed by atoms with Crippen LogP contribution in [0.5, 0.6) is 0 Å². The Morgan fingerprint density at radius 3 is 1.35 bits per heavy atom. The van der Waals surface area contributed by atoms with Crippen LogP contribution in [0.1, 0.15) is 52.4 Å². The maximum absolute atomic E-state index is 3.57. The van der Waals surface area contributed by atoms with Gasteiger partial charge in [-0.15, -0.1) is 0 Å². The monoisotopic (exact) mass is 322 g/mol. The van der Waals surface area contributed by atoms with E-state index in [4.69, 9.17) is 0 Å². The maximum atomic E-state index is 3.57. The van der Waals surface area contributed by atoms with Crippen molar-refractivity contribution in [2.75, 3.05) is 0 Å². The molecule has 0 rings (SSSR count). The van der Waals surface area contributed by atoms with Crippen LogP contribution in [0.2, 0.25) is 0 Å². The first kappa shape index (κ1) is 21.8. The summed E-state index contributed by atoms with van der Waals surface area (Å²) in [5, 5.41) is 0. The Kier molecular flexibility index (Phi) is 31.7. The molecule has 0 atom stereocenters. The van der Waals surface area contributed by atoms with Crippen molar-refractivity contribution in [2.24, 2.45) is 0 Å². The number of hydrogen-bond acceptors (Lipinski definition) is 0. The van der Waals surface area contributed by atoms with Gasteiger partial charge in [-0.25, -0.2) is 0 Å². The zero-order valence-corrected chi connectivity index (χ0v) is 13.2. The van der Waals surface area contributed by atoms with Gasteiger partial charge in [0, 0.05) is 19.5 Å². The minimum atomic E-state index is 0.